The number of rotatable bonds is 7. The highest BCUT2D eigenvalue weighted by atomic mass is 16.5. The van der Waals surface area contributed by atoms with Gasteiger partial charge in [-0.1, -0.05) is 25.5 Å². The fraction of sp³-hybridized carbons (Fsp3) is 0.391. The maximum atomic E-state index is 12.8. The van der Waals surface area contributed by atoms with E-state index in [1.54, 1.807) is 7.11 Å². The van der Waals surface area contributed by atoms with E-state index in [1.165, 1.54) is 6.26 Å². The molecule has 1 aromatic heterocycles. The summed E-state index contributed by atoms with van der Waals surface area (Å²) in [6.45, 7) is 3.11. The highest BCUT2D eigenvalue weighted by Crippen LogP contribution is 2.26. The zero-order valence-electron chi connectivity index (χ0n) is 16.9. The van der Waals surface area contributed by atoms with E-state index < -0.39 is 0 Å². The summed E-state index contributed by atoms with van der Waals surface area (Å²) in [6.07, 6.45) is 5.67. The van der Waals surface area contributed by atoms with Crippen molar-refractivity contribution >= 4 is 16.7 Å². The van der Waals surface area contributed by atoms with Crippen molar-refractivity contribution < 1.29 is 18.7 Å². The summed E-state index contributed by atoms with van der Waals surface area (Å²) < 4.78 is 16.6. The third-order valence-electron chi connectivity index (χ3n) is 5.41. The van der Waals surface area contributed by atoms with Crippen molar-refractivity contribution in [3.8, 4) is 11.5 Å². The first kappa shape index (κ1) is 19.3. The Balaban J connectivity index is 1.41. The van der Waals surface area contributed by atoms with Crippen molar-refractivity contribution in [2.75, 3.05) is 13.7 Å². The predicted molar refractivity (Wildman–Crippen MR) is 110 cm³/mol. The van der Waals surface area contributed by atoms with E-state index in [4.69, 9.17) is 13.9 Å². The Hall–Kier alpha value is -3.02. The number of carbonyl (C=O) groups excluding carboxylic acids is 1. The lowest BCUT2D eigenvalue weighted by Crippen LogP contribution is -2.35. The third-order valence-corrected chi connectivity index (χ3v) is 5.41. The van der Waals surface area contributed by atoms with Gasteiger partial charge < -0.3 is 18.8 Å². The summed E-state index contributed by atoms with van der Waals surface area (Å²) in [6, 6.07) is 12.1. The van der Waals surface area contributed by atoms with E-state index in [9.17, 15) is 4.79 Å². The second-order valence-corrected chi connectivity index (χ2v) is 7.37. The second-order valence-electron chi connectivity index (χ2n) is 7.37. The van der Waals surface area contributed by atoms with Gasteiger partial charge >= 0.3 is 0 Å². The smallest absolute Gasteiger partial charge is 0.276 e. The van der Waals surface area contributed by atoms with Gasteiger partial charge in [0.25, 0.3) is 5.91 Å². The number of hydrogen-bond donors (Lipinski definition) is 0. The molecule has 0 unspecified atom stereocenters. The normalized spacial score (nSPS) is 16.3. The maximum Gasteiger partial charge on any atom is 0.276 e. The Morgan fingerprint density at radius 1 is 1.21 bits per heavy atom. The molecule has 1 aliphatic rings. The lowest BCUT2D eigenvalue weighted by atomic mass is 10.1. The number of carbonyl (C=O) groups is 1. The van der Waals surface area contributed by atoms with Gasteiger partial charge in [-0.05, 0) is 54.3 Å². The summed E-state index contributed by atoms with van der Waals surface area (Å²) >= 11 is 0. The Morgan fingerprint density at radius 2 is 2.00 bits per heavy atom. The van der Waals surface area contributed by atoms with Crippen LogP contribution in [0.3, 0.4) is 0 Å². The summed E-state index contributed by atoms with van der Waals surface area (Å²) in [5, 5.41) is 2.13. The topological polar surface area (TPSA) is 64.8 Å². The Bertz CT molecular complexity index is 997. The Kier molecular flexibility index (Phi) is 5.69. The fourth-order valence-electron chi connectivity index (χ4n) is 3.92. The minimum Gasteiger partial charge on any atom is -0.497 e. The van der Waals surface area contributed by atoms with E-state index in [0.29, 0.717) is 23.4 Å². The van der Waals surface area contributed by atoms with Gasteiger partial charge in [0.15, 0.2) is 12.3 Å². The molecule has 1 amide bonds. The molecule has 2 aromatic carbocycles. The SMILES string of the molecule is CCC[C@H]1CCCN1C(=O)c1coc(COc2ccc3ccc(OC)cc3c2)n1. The lowest BCUT2D eigenvalue weighted by molar-refractivity contribution is 0.0724. The summed E-state index contributed by atoms with van der Waals surface area (Å²) in [7, 11) is 1.65. The van der Waals surface area contributed by atoms with Gasteiger partial charge in [-0.25, -0.2) is 4.98 Å². The fourth-order valence-corrected chi connectivity index (χ4v) is 3.92. The van der Waals surface area contributed by atoms with Crippen LogP contribution in [0.15, 0.2) is 47.1 Å². The Labute approximate surface area is 170 Å². The van der Waals surface area contributed by atoms with Crippen molar-refractivity contribution in [1.29, 1.82) is 0 Å². The van der Waals surface area contributed by atoms with E-state index in [2.05, 4.69) is 11.9 Å². The number of oxazole rings is 1. The van der Waals surface area contributed by atoms with E-state index >= 15 is 0 Å². The van der Waals surface area contributed by atoms with Gasteiger partial charge in [0.1, 0.15) is 17.8 Å². The van der Waals surface area contributed by atoms with Gasteiger partial charge in [-0.15, -0.1) is 0 Å². The molecule has 0 bridgehead atoms. The van der Waals surface area contributed by atoms with Crippen LogP contribution in [-0.2, 0) is 6.61 Å². The van der Waals surface area contributed by atoms with Crippen molar-refractivity contribution in [3.05, 3.63) is 54.2 Å². The first-order valence-corrected chi connectivity index (χ1v) is 10.1. The molecule has 1 fully saturated rings. The monoisotopic (exact) mass is 394 g/mol. The molecule has 6 heteroatoms. The highest BCUT2D eigenvalue weighted by Gasteiger charge is 2.30. The minimum atomic E-state index is -0.0475. The molecule has 6 nitrogen and oxygen atoms in total. The van der Waals surface area contributed by atoms with E-state index in [-0.39, 0.29) is 12.5 Å². The van der Waals surface area contributed by atoms with Gasteiger partial charge in [-0.3, -0.25) is 4.79 Å². The van der Waals surface area contributed by atoms with Crippen molar-refractivity contribution in [3.63, 3.8) is 0 Å². The van der Waals surface area contributed by atoms with E-state index in [0.717, 1.165) is 48.8 Å². The maximum absolute atomic E-state index is 12.8. The zero-order chi connectivity index (χ0) is 20.2. The van der Waals surface area contributed by atoms with Crippen LogP contribution in [-0.4, -0.2) is 35.5 Å². The van der Waals surface area contributed by atoms with Crippen LogP contribution < -0.4 is 9.47 Å². The van der Waals surface area contributed by atoms with Crippen molar-refractivity contribution in [2.45, 2.75) is 45.3 Å². The molecule has 0 spiro atoms. The summed E-state index contributed by atoms with van der Waals surface area (Å²) in [5.74, 6) is 1.85. The predicted octanol–water partition coefficient (Wildman–Crippen LogP) is 4.82. The van der Waals surface area contributed by atoms with Crippen LogP contribution in [0, 0.1) is 0 Å². The van der Waals surface area contributed by atoms with Gasteiger partial charge in [-0.2, -0.15) is 0 Å². The standard InChI is InChI=1S/C23H26N2O4/c1-3-5-18-6-4-11-25(18)23(26)21-14-29-22(24-21)15-28-20-10-8-16-7-9-19(27-2)12-17(16)13-20/h7-10,12-14,18H,3-6,11,15H2,1-2H3/t18-/m0/s1. The van der Waals surface area contributed by atoms with E-state index in [1.807, 2.05) is 41.3 Å². The van der Waals surface area contributed by atoms with Crippen molar-refractivity contribution in [1.82, 2.24) is 9.88 Å². The molecule has 0 radical (unpaired) electrons. The molecule has 4 rings (SSSR count). The number of methoxy groups -OCH3 is 1. The lowest BCUT2D eigenvalue weighted by Gasteiger charge is -2.23. The van der Waals surface area contributed by atoms with Crippen LogP contribution in [0.2, 0.25) is 0 Å². The number of amides is 1. The Morgan fingerprint density at radius 3 is 2.79 bits per heavy atom. The third kappa shape index (κ3) is 4.21. The number of benzene rings is 2. The molecule has 1 atom stereocenters. The quantitative estimate of drug-likeness (QED) is 0.575. The minimum absolute atomic E-state index is 0.0475. The van der Waals surface area contributed by atoms with Crippen molar-refractivity contribution in [2.24, 2.45) is 0 Å². The largest absolute Gasteiger partial charge is 0.497 e. The van der Waals surface area contributed by atoms with Gasteiger partial charge in [0.2, 0.25) is 5.89 Å². The number of ether oxygens (including phenoxy) is 2. The first-order valence-electron chi connectivity index (χ1n) is 10.1. The molecule has 0 saturated carbocycles. The molecule has 1 saturated heterocycles. The number of nitrogens with zero attached hydrogens (tertiary/aromatic N) is 2. The zero-order valence-corrected chi connectivity index (χ0v) is 16.9. The molecule has 2 heterocycles. The molecule has 3 aromatic rings. The summed E-state index contributed by atoms with van der Waals surface area (Å²) in [4.78, 5) is 19.1. The van der Waals surface area contributed by atoms with Crippen LogP contribution in [0.25, 0.3) is 10.8 Å². The molecule has 29 heavy (non-hydrogen) atoms. The van der Waals surface area contributed by atoms with Crippen LogP contribution in [0.4, 0.5) is 0 Å². The van der Waals surface area contributed by atoms with Crippen LogP contribution in [0.1, 0.15) is 49.0 Å². The highest BCUT2D eigenvalue weighted by molar-refractivity contribution is 5.92. The number of likely N-dealkylation sites (tertiary alicyclic amines) is 1. The average Bonchev–Trinajstić information content (AvgIpc) is 3.41. The molecule has 152 valence electrons. The first-order chi connectivity index (χ1) is 14.2. The van der Waals surface area contributed by atoms with Gasteiger partial charge in [0, 0.05) is 12.6 Å². The molecule has 1 aliphatic heterocycles. The van der Waals surface area contributed by atoms with Crippen LogP contribution >= 0.6 is 0 Å². The van der Waals surface area contributed by atoms with Crippen LogP contribution in [0.5, 0.6) is 11.5 Å². The molecular weight excluding hydrogens is 368 g/mol. The number of hydrogen-bond acceptors (Lipinski definition) is 5. The number of fused-ring (bicyclic) bond motifs is 1. The molecular formula is C23H26N2O4. The molecule has 0 aliphatic carbocycles. The second kappa shape index (κ2) is 8.55. The average molecular weight is 394 g/mol. The number of aromatic nitrogens is 1. The summed E-state index contributed by atoms with van der Waals surface area (Å²) in [5.41, 5.74) is 0.356. The molecule has 0 N–H and O–H groups in total. The van der Waals surface area contributed by atoms with Gasteiger partial charge in [0.05, 0.1) is 7.11 Å².